The van der Waals surface area contributed by atoms with E-state index in [9.17, 15) is 60.7 Å². The van der Waals surface area contributed by atoms with Crippen LogP contribution in [0.1, 0.15) is 153 Å². The summed E-state index contributed by atoms with van der Waals surface area (Å²) in [7, 11) is 0. The van der Waals surface area contributed by atoms with Crippen molar-refractivity contribution in [3.63, 3.8) is 0 Å². The van der Waals surface area contributed by atoms with E-state index >= 15 is 0 Å². The number of primary amides is 1. The van der Waals surface area contributed by atoms with Crippen molar-refractivity contribution in [3.05, 3.63) is 197 Å². The first-order valence-electron chi connectivity index (χ1n) is 44.8. The summed E-state index contributed by atoms with van der Waals surface area (Å²) >= 11 is 5.97. The second-order valence-corrected chi connectivity index (χ2v) is 37.8. The van der Waals surface area contributed by atoms with Gasteiger partial charge in [-0.1, -0.05) is 80.9 Å². The highest BCUT2D eigenvalue weighted by Gasteiger charge is 2.65. The van der Waals surface area contributed by atoms with Gasteiger partial charge in [-0.3, -0.25) is 38.4 Å². The molecule has 127 heavy (non-hydrogen) atoms. The molecular formula is C94H112ClF4N19O9. The molecule has 19 rings (SSSR count). The molecule has 3 aromatic heterocycles. The Morgan fingerprint density at radius 1 is 0.394 bits per heavy atom. The van der Waals surface area contributed by atoms with Gasteiger partial charge in [0, 0.05) is 61.6 Å². The lowest BCUT2D eigenvalue weighted by Gasteiger charge is -2.59. The number of rotatable bonds is 16. The second kappa shape index (κ2) is 37.5. The van der Waals surface area contributed by atoms with Gasteiger partial charge < -0.3 is 64.5 Å². The van der Waals surface area contributed by atoms with E-state index in [1.165, 1.54) is 41.3 Å². The van der Waals surface area contributed by atoms with Gasteiger partial charge in [0.1, 0.15) is 49.8 Å². The third kappa shape index (κ3) is 18.4. The topological polar surface area (TPSA) is 296 Å². The zero-order valence-electron chi connectivity index (χ0n) is 72.4. The molecule has 1 unspecified atom stereocenters. The number of alkyl halides is 1. The number of halogens is 5. The first kappa shape index (κ1) is 89.0. The van der Waals surface area contributed by atoms with Crippen LogP contribution in [0.5, 0.6) is 0 Å². The minimum atomic E-state index is -1.02. The maximum absolute atomic E-state index is 14.0. The Labute approximate surface area is 742 Å². The van der Waals surface area contributed by atoms with Crippen molar-refractivity contribution in [2.45, 2.75) is 209 Å². The minimum absolute atomic E-state index is 0.0224. The fraction of sp³-hybridized carbons (Fsp3) is 0.521. The molecule has 4 aromatic carbocycles. The van der Waals surface area contributed by atoms with E-state index in [4.69, 9.17) is 17.3 Å². The maximum Gasteiger partial charge on any atom is 0.314 e. The van der Waals surface area contributed by atoms with E-state index in [0.29, 0.717) is 93.8 Å². The summed E-state index contributed by atoms with van der Waals surface area (Å²) in [4.78, 5) is 142. The van der Waals surface area contributed by atoms with E-state index in [1.54, 1.807) is 116 Å². The Hall–Kier alpha value is -11.4. The number of amides is 10. The number of nitrogens with two attached hydrogens (primary N) is 1. The van der Waals surface area contributed by atoms with Gasteiger partial charge in [0.05, 0.1) is 88.5 Å². The predicted octanol–water partition coefficient (Wildman–Crippen LogP) is 10.4. The van der Waals surface area contributed by atoms with Gasteiger partial charge in [-0.25, -0.2) is 22.4 Å². The fourth-order valence-electron chi connectivity index (χ4n) is 21.1. The van der Waals surface area contributed by atoms with Crippen molar-refractivity contribution in [3.8, 4) is 0 Å². The van der Waals surface area contributed by atoms with Crippen LogP contribution in [-0.2, 0) is 64.5 Å². The van der Waals surface area contributed by atoms with Crippen LogP contribution in [0, 0.1) is 41.1 Å². The lowest BCUT2D eigenvalue weighted by molar-refractivity contribution is -0.179. The summed E-state index contributed by atoms with van der Waals surface area (Å²) in [6, 6.07) is 32.7. The largest absolute Gasteiger partial charge is 0.364 e. The number of urea groups is 1. The highest BCUT2D eigenvalue weighted by Crippen LogP contribution is 2.46. The molecular weight excluding hydrogens is 1650 g/mol. The zero-order valence-corrected chi connectivity index (χ0v) is 73.2. The Morgan fingerprint density at radius 2 is 0.693 bits per heavy atom. The first-order valence-corrected chi connectivity index (χ1v) is 45.2. The van der Waals surface area contributed by atoms with Gasteiger partial charge in [0.15, 0.2) is 28.0 Å². The molecule has 11 heterocycles. The summed E-state index contributed by atoms with van der Waals surface area (Å²) in [6.45, 7) is 12.5. The number of benzene rings is 4. The molecule has 10 amide bonds. The normalized spacial score (nSPS) is 25.6. The molecule has 4 aliphatic carbocycles. The number of hydrogen-bond donors (Lipinski definition) is 1. The molecule has 0 bridgehead atoms. The molecule has 2 N–H and O–H groups in total. The molecule has 672 valence electrons. The molecule has 4 saturated carbocycles. The Kier molecular flexibility index (Phi) is 26.3. The predicted molar refractivity (Wildman–Crippen MR) is 465 cm³/mol. The Bertz CT molecular complexity index is 4920. The molecule has 12 fully saturated rings. The van der Waals surface area contributed by atoms with Crippen molar-refractivity contribution in [1.29, 1.82) is 0 Å². The van der Waals surface area contributed by atoms with Crippen LogP contribution >= 0.6 is 11.6 Å². The van der Waals surface area contributed by atoms with Crippen LogP contribution in [0.4, 0.5) is 39.5 Å². The number of carbonyl (C=O) groups is 9. The SMILES string of the molecule is CC(F)C1CCC(N2CC(=O)N(Cc3ccc(F)cc3)C3(CN(c4ccnnc4)C3)C2=O)CC1.CC1CCC(N2CC(=O)N(Cc3ccc(Cl)cc3)C3(CN(C(N)=O)C3)C2=O)CC1.CC1CCC(N2CC(=O)N(Cc3ccc(F)cc3)C3(CN(c4cccnn4)C3)C2=O)CC1.CC1CCC(N2CC(=O)N(Cc3ccc(F)cc3)C3(CN(c4ccnnc4)C3)C2=O)CC1. The average Bonchev–Trinajstić information content (AvgIpc) is 0.729. The molecule has 4 spiro atoms. The lowest BCUT2D eigenvalue weighted by atomic mass is 9.79. The number of piperazine rings is 4. The standard InChI is InChI=1S/C25H29F2N5O2.2C24H28FN5O2.C21H27ClN4O3/c1-17(26)19-4-8-21(9-5-19)31-14-23(33)32(13-18-2-6-20(27)7-3-18)25(24(31)34)15-30(16-25)22-10-11-28-29-12-22;1-17-2-8-20(9-3-17)29-14-22(31)30(13-18-4-6-19(25)7-5-18)24(23(29)32)15-28(16-24)21-10-11-26-27-12-21;1-17-4-10-20(11-5-17)29-14-22(31)30(13-18-6-8-19(25)9-7-18)24(23(29)32)15-28(16-24)21-3-2-12-26-27-21;1-14-2-8-17(9-3-14)25-11-18(27)26(10-15-4-6-16(22)7-5-15)21(19(25)28)12-24(13-21)20(23)29/h2-3,6-7,10-12,17,19,21H,4-5,8-9,13-16H2,1H3;4-7,10-12,17,20H,2-3,8-9,13-16H2,1H3;2-3,6-9,12,17,20H,4-5,10-11,13-16H2,1H3;4-7,14,17H,2-3,8-13H2,1H3,(H2,23,29). The van der Waals surface area contributed by atoms with E-state index in [1.807, 2.05) is 56.0 Å². The number of hydrogen-bond acceptors (Lipinski definition) is 18. The monoisotopic (exact) mass is 1760 g/mol. The van der Waals surface area contributed by atoms with Gasteiger partial charge in [-0.05, 0) is 228 Å². The Balaban J connectivity index is 0.000000125. The fourth-order valence-corrected chi connectivity index (χ4v) is 21.2. The van der Waals surface area contributed by atoms with Gasteiger partial charge in [-0.2, -0.15) is 25.5 Å². The molecule has 1 atom stereocenters. The quantitative estimate of drug-likeness (QED) is 0.0879. The summed E-state index contributed by atoms with van der Waals surface area (Å²) in [5, 5.41) is 24.2. The first-order chi connectivity index (χ1) is 61.1. The highest BCUT2D eigenvalue weighted by molar-refractivity contribution is 6.30. The zero-order chi connectivity index (χ0) is 89.2. The van der Waals surface area contributed by atoms with Crippen molar-refractivity contribution in [2.75, 3.05) is 93.2 Å². The van der Waals surface area contributed by atoms with Crippen molar-refractivity contribution >= 4 is 82.1 Å². The molecule has 28 nitrogen and oxygen atoms in total. The summed E-state index contributed by atoms with van der Waals surface area (Å²) in [5.41, 5.74) is 6.60. The molecule has 0 radical (unpaired) electrons. The van der Waals surface area contributed by atoms with E-state index < -0.39 is 34.4 Å². The molecule has 12 aliphatic rings. The third-order valence-electron chi connectivity index (χ3n) is 28.9. The number of anilines is 3. The van der Waals surface area contributed by atoms with Gasteiger partial charge in [0.2, 0.25) is 23.6 Å². The van der Waals surface area contributed by atoms with Crippen LogP contribution < -0.4 is 20.4 Å². The minimum Gasteiger partial charge on any atom is -0.364 e. The van der Waals surface area contributed by atoms with Crippen LogP contribution in [-0.4, -0.2) is 259 Å². The van der Waals surface area contributed by atoms with Gasteiger partial charge in [0.25, 0.3) is 23.6 Å². The van der Waals surface area contributed by atoms with E-state index in [-0.39, 0.29) is 147 Å². The molecule has 8 saturated heterocycles. The van der Waals surface area contributed by atoms with Gasteiger partial charge in [-0.15, -0.1) is 5.10 Å². The summed E-state index contributed by atoms with van der Waals surface area (Å²) < 4.78 is 54.0. The molecule has 8 aliphatic heterocycles. The maximum atomic E-state index is 14.0. The van der Waals surface area contributed by atoms with E-state index in [0.717, 1.165) is 124 Å². The van der Waals surface area contributed by atoms with Crippen molar-refractivity contribution in [1.82, 2.24) is 74.7 Å². The van der Waals surface area contributed by atoms with Crippen LogP contribution in [0.3, 0.4) is 0 Å². The summed E-state index contributed by atoms with van der Waals surface area (Å²) in [6.07, 6.45) is 22.3. The number of aromatic nitrogens is 6. The Morgan fingerprint density at radius 3 is 0.976 bits per heavy atom. The number of nitrogens with zero attached hydrogens (tertiary/aromatic N) is 18. The highest BCUT2D eigenvalue weighted by atomic mass is 35.5. The number of carbonyl (C=O) groups excluding carboxylic acids is 9. The van der Waals surface area contributed by atoms with Crippen molar-refractivity contribution < 1.29 is 60.7 Å². The number of likely N-dealkylation sites (tertiary alicyclic amines) is 1. The third-order valence-corrected chi connectivity index (χ3v) is 29.2. The van der Waals surface area contributed by atoms with Gasteiger partial charge >= 0.3 is 6.03 Å². The lowest BCUT2D eigenvalue weighted by Crippen LogP contribution is -2.82. The van der Waals surface area contributed by atoms with E-state index in [2.05, 4.69) is 56.3 Å². The summed E-state index contributed by atoms with van der Waals surface area (Å²) in [5.74, 6) is 1.41. The van der Waals surface area contributed by atoms with Crippen LogP contribution in [0.25, 0.3) is 0 Å². The molecule has 7 aromatic rings. The second-order valence-electron chi connectivity index (χ2n) is 37.3. The van der Waals surface area contributed by atoms with Crippen LogP contribution in [0.15, 0.2) is 152 Å². The van der Waals surface area contributed by atoms with Crippen molar-refractivity contribution in [2.24, 2.45) is 29.4 Å². The smallest absolute Gasteiger partial charge is 0.314 e. The van der Waals surface area contributed by atoms with Crippen LogP contribution in [0.2, 0.25) is 5.02 Å². The average molecular weight is 1760 g/mol. The molecule has 33 heteroatoms.